The van der Waals surface area contributed by atoms with E-state index in [0.717, 1.165) is 0 Å². The summed E-state index contributed by atoms with van der Waals surface area (Å²) in [5, 5.41) is 2.74. The van der Waals surface area contributed by atoms with Crippen LogP contribution in [0.4, 0.5) is 4.39 Å². The number of ether oxygens (including phenoxy) is 1. The smallest absolute Gasteiger partial charge is 0.306 e. The number of carbonyl (C=O) groups excluding carboxylic acids is 3. The fraction of sp³-hybridized carbons (Fsp3) is 0.500. The largest absolute Gasteiger partial charge is 0.456 e. The van der Waals surface area contributed by atoms with Gasteiger partial charge >= 0.3 is 5.97 Å². The van der Waals surface area contributed by atoms with Crippen LogP contribution in [0.15, 0.2) is 24.3 Å². The van der Waals surface area contributed by atoms with Crippen molar-refractivity contribution >= 4 is 17.8 Å². The molecule has 138 valence electrons. The van der Waals surface area contributed by atoms with Crippen LogP contribution < -0.4 is 5.32 Å². The molecule has 25 heavy (non-hydrogen) atoms. The summed E-state index contributed by atoms with van der Waals surface area (Å²) < 4.78 is 18.3. The molecule has 7 heteroatoms. The molecule has 0 aliphatic heterocycles. The third kappa shape index (κ3) is 8.28. The molecule has 1 aromatic carbocycles. The number of likely N-dealkylation sites (N-methyl/N-ethyl adjacent to an activating group) is 1. The van der Waals surface area contributed by atoms with Gasteiger partial charge in [0, 0.05) is 19.0 Å². The highest BCUT2D eigenvalue weighted by Gasteiger charge is 2.18. The van der Waals surface area contributed by atoms with E-state index in [-0.39, 0.29) is 36.6 Å². The zero-order chi connectivity index (χ0) is 19.0. The molecule has 0 saturated carbocycles. The van der Waals surface area contributed by atoms with E-state index < -0.39 is 18.5 Å². The van der Waals surface area contributed by atoms with Crippen LogP contribution >= 0.6 is 0 Å². The number of halogens is 1. The van der Waals surface area contributed by atoms with Gasteiger partial charge in [-0.25, -0.2) is 4.39 Å². The number of benzene rings is 1. The lowest BCUT2D eigenvalue weighted by Gasteiger charge is -2.23. The Labute approximate surface area is 147 Å². The van der Waals surface area contributed by atoms with Crippen molar-refractivity contribution in [1.82, 2.24) is 10.2 Å². The fourth-order valence-electron chi connectivity index (χ4n) is 2.02. The Morgan fingerprint density at radius 2 is 1.84 bits per heavy atom. The lowest BCUT2D eigenvalue weighted by Crippen LogP contribution is -2.46. The van der Waals surface area contributed by atoms with Crippen LogP contribution in [0.3, 0.4) is 0 Å². The minimum Gasteiger partial charge on any atom is -0.456 e. The van der Waals surface area contributed by atoms with Crippen molar-refractivity contribution < 1.29 is 23.5 Å². The average molecular weight is 352 g/mol. The summed E-state index contributed by atoms with van der Waals surface area (Å²) in [5.41, 5.74) is 0.0295. The first-order valence-corrected chi connectivity index (χ1v) is 8.02. The van der Waals surface area contributed by atoms with Gasteiger partial charge in [-0.1, -0.05) is 18.2 Å². The van der Waals surface area contributed by atoms with Crippen LogP contribution in [0.2, 0.25) is 0 Å². The lowest BCUT2D eigenvalue weighted by molar-refractivity contribution is -0.152. The van der Waals surface area contributed by atoms with Gasteiger partial charge in [-0.05, 0) is 38.8 Å². The van der Waals surface area contributed by atoms with Crippen molar-refractivity contribution in [2.24, 2.45) is 0 Å². The van der Waals surface area contributed by atoms with Crippen LogP contribution in [-0.4, -0.2) is 48.4 Å². The lowest BCUT2D eigenvalue weighted by atomic mass is 10.1. The second-order valence-corrected chi connectivity index (χ2v) is 6.80. The van der Waals surface area contributed by atoms with Crippen molar-refractivity contribution in [3.05, 3.63) is 35.6 Å². The fourth-order valence-corrected chi connectivity index (χ4v) is 2.02. The first-order chi connectivity index (χ1) is 11.6. The summed E-state index contributed by atoms with van der Waals surface area (Å²) in [6.07, 6.45) is 0.173. The predicted molar refractivity (Wildman–Crippen MR) is 91.2 cm³/mol. The molecule has 0 unspecified atom stereocenters. The second-order valence-electron chi connectivity index (χ2n) is 6.80. The van der Waals surface area contributed by atoms with Crippen molar-refractivity contribution in [3.8, 4) is 0 Å². The van der Waals surface area contributed by atoms with Gasteiger partial charge in [0.25, 0.3) is 5.91 Å². The molecule has 0 atom stereocenters. The maximum absolute atomic E-state index is 13.4. The summed E-state index contributed by atoms with van der Waals surface area (Å²) in [5.74, 6) is -1.75. The molecule has 0 radical (unpaired) electrons. The van der Waals surface area contributed by atoms with E-state index in [1.807, 2.05) is 20.8 Å². The normalized spacial score (nSPS) is 10.9. The molecule has 0 aromatic heterocycles. The van der Waals surface area contributed by atoms with E-state index in [9.17, 15) is 18.8 Å². The molecular formula is C18H25FN2O4. The van der Waals surface area contributed by atoms with Crippen molar-refractivity contribution in [3.63, 3.8) is 0 Å². The van der Waals surface area contributed by atoms with Crippen LogP contribution in [0.5, 0.6) is 0 Å². The average Bonchev–Trinajstić information content (AvgIpc) is 2.49. The molecule has 0 aliphatic carbocycles. The number of carbonyl (C=O) groups is 3. The van der Waals surface area contributed by atoms with Crippen LogP contribution in [-0.2, 0) is 25.5 Å². The summed E-state index contributed by atoms with van der Waals surface area (Å²) in [6.45, 7) is 4.94. The molecule has 0 spiro atoms. The van der Waals surface area contributed by atoms with Crippen LogP contribution in [0, 0.1) is 5.82 Å². The van der Waals surface area contributed by atoms with E-state index in [1.165, 1.54) is 18.0 Å². The van der Waals surface area contributed by atoms with Crippen molar-refractivity contribution in [2.45, 2.75) is 39.2 Å². The molecular weight excluding hydrogens is 327 g/mol. The van der Waals surface area contributed by atoms with Gasteiger partial charge in [0.15, 0.2) is 6.61 Å². The van der Waals surface area contributed by atoms with E-state index in [0.29, 0.717) is 5.56 Å². The molecule has 1 rings (SSSR count). The molecule has 1 N–H and O–H groups in total. The number of rotatable bonds is 7. The van der Waals surface area contributed by atoms with Gasteiger partial charge in [0.2, 0.25) is 5.91 Å². The SMILES string of the molecule is CN(CC(=O)NC(C)(C)C)C(=O)COC(=O)CCc1ccccc1F. The number of esters is 1. The zero-order valence-corrected chi connectivity index (χ0v) is 15.1. The van der Waals surface area contributed by atoms with Gasteiger partial charge in [0.05, 0.1) is 6.54 Å². The van der Waals surface area contributed by atoms with E-state index >= 15 is 0 Å². The Morgan fingerprint density at radius 1 is 1.20 bits per heavy atom. The van der Waals surface area contributed by atoms with Gasteiger partial charge in [-0.3, -0.25) is 14.4 Å². The van der Waals surface area contributed by atoms with Crippen LogP contribution in [0.1, 0.15) is 32.8 Å². The number of nitrogens with one attached hydrogen (secondary N) is 1. The molecule has 2 amide bonds. The summed E-state index contributed by atoms with van der Waals surface area (Å²) >= 11 is 0. The summed E-state index contributed by atoms with van der Waals surface area (Å²) in [7, 11) is 1.46. The van der Waals surface area contributed by atoms with E-state index in [4.69, 9.17) is 4.74 Å². The quantitative estimate of drug-likeness (QED) is 0.758. The Balaban J connectivity index is 2.34. The Kier molecular flexibility index (Phi) is 7.54. The Bertz CT molecular complexity index is 626. The maximum Gasteiger partial charge on any atom is 0.306 e. The van der Waals surface area contributed by atoms with Crippen LogP contribution in [0.25, 0.3) is 0 Å². The Morgan fingerprint density at radius 3 is 2.44 bits per heavy atom. The topological polar surface area (TPSA) is 75.7 Å². The van der Waals surface area contributed by atoms with Gasteiger partial charge in [0.1, 0.15) is 5.82 Å². The predicted octanol–water partition coefficient (Wildman–Crippen LogP) is 1.67. The highest BCUT2D eigenvalue weighted by atomic mass is 19.1. The molecule has 0 saturated heterocycles. The number of aryl methyl sites for hydroxylation is 1. The van der Waals surface area contributed by atoms with Crippen molar-refractivity contribution in [2.75, 3.05) is 20.2 Å². The zero-order valence-electron chi connectivity index (χ0n) is 15.1. The minimum absolute atomic E-state index is 0.0254. The monoisotopic (exact) mass is 352 g/mol. The highest BCUT2D eigenvalue weighted by Crippen LogP contribution is 2.09. The van der Waals surface area contributed by atoms with Crippen molar-refractivity contribution in [1.29, 1.82) is 0 Å². The maximum atomic E-state index is 13.4. The molecule has 0 aliphatic rings. The molecule has 0 bridgehead atoms. The molecule has 6 nitrogen and oxygen atoms in total. The van der Waals surface area contributed by atoms with Gasteiger partial charge in [-0.15, -0.1) is 0 Å². The molecule has 0 heterocycles. The number of amides is 2. The highest BCUT2D eigenvalue weighted by molar-refractivity contribution is 5.86. The van der Waals surface area contributed by atoms with Gasteiger partial charge < -0.3 is 15.0 Å². The van der Waals surface area contributed by atoms with E-state index in [2.05, 4.69) is 5.32 Å². The third-order valence-electron chi connectivity index (χ3n) is 3.23. The number of hydrogen-bond acceptors (Lipinski definition) is 4. The minimum atomic E-state index is -0.593. The number of hydrogen-bond donors (Lipinski definition) is 1. The summed E-state index contributed by atoms with van der Waals surface area (Å²) in [6, 6.07) is 6.17. The Hall–Kier alpha value is -2.44. The van der Waals surface area contributed by atoms with Gasteiger partial charge in [-0.2, -0.15) is 0 Å². The first-order valence-electron chi connectivity index (χ1n) is 8.02. The van der Waals surface area contributed by atoms with E-state index in [1.54, 1.807) is 18.2 Å². The number of nitrogens with zero attached hydrogens (tertiary/aromatic N) is 1. The standard InChI is InChI=1S/C18H25FN2O4/c1-18(2,3)20-15(22)11-21(4)16(23)12-25-17(24)10-9-13-7-5-6-8-14(13)19/h5-8H,9-12H2,1-4H3,(H,20,22). The molecule has 0 fully saturated rings. The second kappa shape index (κ2) is 9.15. The molecule has 1 aromatic rings. The third-order valence-corrected chi connectivity index (χ3v) is 3.23. The summed E-state index contributed by atoms with van der Waals surface area (Å²) in [4.78, 5) is 36.5. The first kappa shape index (κ1) is 20.6.